The van der Waals surface area contributed by atoms with Gasteiger partial charge in [-0.15, -0.1) is 0 Å². The Kier molecular flexibility index (Phi) is 4.62. The van der Waals surface area contributed by atoms with Crippen molar-refractivity contribution in [2.75, 3.05) is 13.2 Å². The first-order chi connectivity index (χ1) is 5.84. The zero-order chi connectivity index (χ0) is 8.81. The van der Waals surface area contributed by atoms with Gasteiger partial charge in [0.05, 0.1) is 0 Å². The summed E-state index contributed by atoms with van der Waals surface area (Å²) in [6.45, 7) is 3.78. The molecule has 0 aromatic heterocycles. The van der Waals surface area contributed by atoms with Gasteiger partial charge in [-0.1, -0.05) is 12.8 Å². The van der Waals surface area contributed by atoms with Crippen molar-refractivity contribution < 1.29 is 4.74 Å². The molecule has 0 aliphatic heterocycles. The van der Waals surface area contributed by atoms with Crippen LogP contribution in [0.4, 0.5) is 0 Å². The lowest BCUT2D eigenvalue weighted by Gasteiger charge is -2.28. The number of ether oxygens (including phenoxy) is 1. The molecule has 1 fully saturated rings. The minimum Gasteiger partial charge on any atom is -0.382 e. The van der Waals surface area contributed by atoms with Gasteiger partial charge in [0.2, 0.25) is 0 Å². The second-order valence-electron chi connectivity index (χ2n) is 3.69. The van der Waals surface area contributed by atoms with E-state index in [9.17, 15) is 0 Å². The molecule has 0 aromatic rings. The predicted molar refractivity (Wildman–Crippen MR) is 51.0 cm³/mol. The molecule has 1 aliphatic rings. The van der Waals surface area contributed by atoms with E-state index in [-0.39, 0.29) is 0 Å². The Morgan fingerprint density at radius 2 is 2.08 bits per heavy atom. The lowest BCUT2D eigenvalue weighted by Crippen LogP contribution is -2.33. The molecular weight excluding hydrogens is 150 g/mol. The van der Waals surface area contributed by atoms with E-state index in [4.69, 9.17) is 10.5 Å². The smallest absolute Gasteiger partial charge is 0.0469 e. The van der Waals surface area contributed by atoms with Crippen molar-refractivity contribution in [3.8, 4) is 0 Å². The highest BCUT2D eigenvalue weighted by Gasteiger charge is 2.20. The highest BCUT2D eigenvalue weighted by Crippen LogP contribution is 2.25. The van der Waals surface area contributed by atoms with Crippen molar-refractivity contribution in [3.05, 3.63) is 0 Å². The number of hydrogen-bond donors (Lipinski definition) is 1. The maximum Gasteiger partial charge on any atom is 0.0469 e. The van der Waals surface area contributed by atoms with Crippen LogP contribution in [0.2, 0.25) is 0 Å². The third-order valence-electron chi connectivity index (χ3n) is 2.80. The summed E-state index contributed by atoms with van der Waals surface area (Å²) in [4.78, 5) is 0. The highest BCUT2D eigenvalue weighted by molar-refractivity contribution is 4.77. The minimum absolute atomic E-state index is 0.444. The SMILES string of the molecule is CCOCCC1CCCCC1N. The van der Waals surface area contributed by atoms with Crippen LogP contribution >= 0.6 is 0 Å². The van der Waals surface area contributed by atoms with Crippen molar-refractivity contribution >= 4 is 0 Å². The normalized spacial score (nSPS) is 30.5. The van der Waals surface area contributed by atoms with Gasteiger partial charge in [0, 0.05) is 19.3 Å². The summed E-state index contributed by atoms with van der Waals surface area (Å²) in [7, 11) is 0. The third kappa shape index (κ3) is 3.11. The molecule has 72 valence electrons. The Balaban J connectivity index is 2.11. The molecule has 2 heteroatoms. The van der Waals surface area contributed by atoms with Crippen molar-refractivity contribution in [2.24, 2.45) is 11.7 Å². The Morgan fingerprint density at radius 3 is 2.75 bits per heavy atom. The molecule has 0 bridgehead atoms. The Hall–Kier alpha value is -0.0800. The largest absolute Gasteiger partial charge is 0.382 e. The van der Waals surface area contributed by atoms with Gasteiger partial charge in [-0.2, -0.15) is 0 Å². The molecule has 2 N–H and O–H groups in total. The van der Waals surface area contributed by atoms with Crippen LogP contribution in [0.1, 0.15) is 39.0 Å². The molecular formula is C10H21NO. The van der Waals surface area contributed by atoms with Crippen LogP contribution in [-0.4, -0.2) is 19.3 Å². The molecule has 1 aliphatic carbocycles. The van der Waals surface area contributed by atoms with E-state index < -0.39 is 0 Å². The summed E-state index contributed by atoms with van der Waals surface area (Å²) in [5.74, 6) is 0.727. The monoisotopic (exact) mass is 171 g/mol. The van der Waals surface area contributed by atoms with E-state index in [2.05, 4.69) is 0 Å². The predicted octanol–water partition coefficient (Wildman–Crippen LogP) is 1.93. The summed E-state index contributed by atoms with van der Waals surface area (Å²) >= 11 is 0. The molecule has 2 unspecified atom stereocenters. The van der Waals surface area contributed by atoms with E-state index in [0.717, 1.165) is 25.6 Å². The van der Waals surface area contributed by atoms with Crippen LogP contribution in [0.3, 0.4) is 0 Å². The zero-order valence-electron chi connectivity index (χ0n) is 8.09. The molecule has 0 spiro atoms. The average molecular weight is 171 g/mol. The van der Waals surface area contributed by atoms with Crippen LogP contribution in [0.5, 0.6) is 0 Å². The maximum absolute atomic E-state index is 6.01. The van der Waals surface area contributed by atoms with Crippen molar-refractivity contribution in [3.63, 3.8) is 0 Å². The summed E-state index contributed by atoms with van der Waals surface area (Å²) in [5, 5.41) is 0. The second-order valence-corrected chi connectivity index (χ2v) is 3.69. The van der Waals surface area contributed by atoms with Gasteiger partial charge >= 0.3 is 0 Å². The Labute approximate surface area is 75.5 Å². The molecule has 0 radical (unpaired) electrons. The molecule has 0 heterocycles. The van der Waals surface area contributed by atoms with Crippen molar-refractivity contribution in [1.82, 2.24) is 0 Å². The van der Waals surface area contributed by atoms with Gasteiger partial charge in [-0.25, -0.2) is 0 Å². The van der Waals surface area contributed by atoms with Gasteiger partial charge in [0.1, 0.15) is 0 Å². The molecule has 1 rings (SSSR count). The topological polar surface area (TPSA) is 35.2 Å². The second kappa shape index (κ2) is 5.55. The number of rotatable bonds is 4. The fourth-order valence-electron chi connectivity index (χ4n) is 1.97. The standard InChI is InChI=1S/C10H21NO/c1-2-12-8-7-9-5-3-4-6-10(9)11/h9-10H,2-8,11H2,1H3. The van der Waals surface area contributed by atoms with E-state index in [0.29, 0.717) is 6.04 Å². The quantitative estimate of drug-likeness (QED) is 0.656. The fourth-order valence-corrected chi connectivity index (χ4v) is 1.97. The lowest BCUT2D eigenvalue weighted by molar-refractivity contribution is 0.120. The average Bonchev–Trinajstić information content (AvgIpc) is 2.09. The van der Waals surface area contributed by atoms with E-state index in [1.807, 2.05) is 6.92 Å². The van der Waals surface area contributed by atoms with E-state index in [1.165, 1.54) is 25.7 Å². The van der Waals surface area contributed by atoms with Gasteiger partial charge in [0.15, 0.2) is 0 Å². The van der Waals surface area contributed by atoms with Crippen LogP contribution in [0, 0.1) is 5.92 Å². The van der Waals surface area contributed by atoms with Crippen molar-refractivity contribution in [1.29, 1.82) is 0 Å². The zero-order valence-corrected chi connectivity index (χ0v) is 8.09. The highest BCUT2D eigenvalue weighted by atomic mass is 16.5. The summed E-state index contributed by atoms with van der Waals surface area (Å²) in [6, 6.07) is 0.444. The maximum atomic E-state index is 6.01. The third-order valence-corrected chi connectivity index (χ3v) is 2.80. The van der Waals surface area contributed by atoms with E-state index >= 15 is 0 Å². The van der Waals surface area contributed by atoms with E-state index in [1.54, 1.807) is 0 Å². The lowest BCUT2D eigenvalue weighted by atomic mass is 9.83. The Bertz CT molecular complexity index is 116. The van der Waals surface area contributed by atoms with Crippen LogP contribution in [-0.2, 0) is 4.74 Å². The summed E-state index contributed by atoms with van der Waals surface area (Å²) < 4.78 is 5.33. The summed E-state index contributed by atoms with van der Waals surface area (Å²) in [6.07, 6.45) is 6.39. The molecule has 0 aromatic carbocycles. The van der Waals surface area contributed by atoms with Gasteiger partial charge in [-0.05, 0) is 32.1 Å². The van der Waals surface area contributed by atoms with Gasteiger partial charge in [0.25, 0.3) is 0 Å². The number of nitrogens with two attached hydrogens (primary N) is 1. The first-order valence-electron chi connectivity index (χ1n) is 5.18. The van der Waals surface area contributed by atoms with Crippen LogP contribution in [0.25, 0.3) is 0 Å². The Morgan fingerprint density at radius 1 is 1.33 bits per heavy atom. The first kappa shape index (κ1) is 10.0. The van der Waals surface area contributed by atoms with Gasteiger partial charge < -0.3 is 10.5 Å². The molecule has 0 amide bonds. The molecule has 12 heavy (non-hydrogen) atoms. The number of hydrogen-bond acceptors (Lipinski definition) is 2. The molecule has 0 saturated heterocycles. The van der Waals surface area contributed by atoms with Gasteiger partial charge in [-0.3, -0.25) is 0 Å². The minimum atomic E-state index is 0.444. The van der Waals surface area contributed by atoms with Crippen LogP contribution in [0.15, 0.2) is 0 Å². The molecule has 1 saturated carbocycles. The fraction of sp³-hybridized carbons (Fsp3) is 1.00. The molecule has 2 nitrogen and oxygen atoms in total. The van der Waals surface area contributed by atoms with Crippen molar-refractivity contribution in [2.45, 2.75) is 45.1 Å². The summed E-state index contributed by atoms with van der Waals surface area (Å²) in [5.41, 5.74) is 6.01. The first-order valence-corrected chi connectivity index (χ1v) is 5.18. The van der Waals surface area contributed by atoms with Crippen LogP contribution < -0.4 is 5.73 Å². The molecule has 2 atom stereocenters.